The fraction of sp³-hybridized carbons (Fsp3) is 0.133. The van der Waals surface area contributed by atoms with Crippen molar-refractivity contribution in [2.45, 2.75) is 13.8 Å². The number of hydrogen-bond acceptors (Lipinski definition) is 1. The molecular weight excluding hydrogens is 251 g/mol. The van der Waals surface area contributed by atoms with Gasteiger partial charge < -0.3 is 0 Å². The molecule has 0 heterocycles. The number of nitrogens with zero attached hydrogens (tertiary/aromatic N) is 1. The summed E-state index contributed by atoms with van der Waals surface area (Å²) < 4.78 is 40.2. The first-order chi connectivity index (χ1) is 9.02. The van der Waals surface area contributed by atoms with Gasteiger partial charge in [-0.1, -0.05) is 18.2 Å². The lowest BCUT2D eigenvalue weighted by molar-refractivity contribution is 0.439. The van der Waals surface area contributed by atoms with E-state index in [1.807, 2.05) is 6.07 Å². The molecule has 0 aliphatic heterocycles. The van der Waals surface area contributed by atoms with Crippen LogP contribution in [0.15, 0.2) is 35.3 Å². The number of hydrogen-bond donors (Lipinski definition) is 0. The SMILES string of the molecule is Cc1c(F)c(F)c(F)c(C)c1C=Nc1ccccc1. The average Bonchev–Trinajstić information content (AvgIpc) is 2.44. The van der Waals surface area contributed by atoms with Gasteiger partial charge in [0, 0.05) is 11.8 Å². The van der Waals surface area contributed by atoms with Gasteiger partial charge in [-0.15, -0.1) is 0 Å². The lowest BCUT2D eigenvalue weighted by Crippen LogP contribution is -2.04. The Morgan fingerprint density at radius 2 is 1.37 bits per heavy atom. The fourth-order valence-corrected chi connectivity index (χ4v) is 1.79. The number of benzene rings is 2. The lowest BCUT2D eigenvalue weighted by Gasteiger charge is -2.08. The molecule has 2 rings (SSSR count). The van der Waals surface area contributed by atoms with Crippen LogP contribution < -0.4 is 0 Å². The molecule has 2 aromatic carbocycles. The van der Waals surface area contributed by atoms with Gasteiger partial charge in [-0.25, -0.2) is 13.2 Å². The minimum Gasteiger partial charge on any atom is -0.256 e. The molecule has 2 aromatic rings. The van der Waals surface area contributed by atoms with Crippen LogP contribution in [-0.4, -0.2) is 6.21 Å². The summed E-state index contributed by atoms with van der Waals surface area (Å²) in [6.07, 6.45) is 1.35. The Morgan fingerprint density at radius 3 is 1.89 bits per heavy atom. The van der Waals surface area contributed by atoms with Crippen molar-refractivity contribution in [3.05, 3.63) is 64.5 Å². The van der Waals surface area contributed by atoms with Gasteiger partial charge in [0.15, 0.2) is 17.5 Å². The van der Waals surface area contributed by atoms with Crippen LogP contribution >= 0.6 is 0 Å². The van der Waals surface area contributed by atoms with Gasteiger partial charge in [0.2, 0.25) is 0 Å². The average molecular weight is 263 g/mol. The molecule has 1 nitrogen and oxygen atoms in total. The summed E-state index contributed by atoms with van der Waals surface area (Å²) in [5, 5.41) is 0. The Morgan fingerprint density at radius 1 is 0.842 bits per heavy atom. The summed E-state index contributed by atoms with van der Waals surface area (Å²) in [5.74, 6) is -3.78. The van der Waals surface area contributed by atoms with Gasteiger partial charge in [0.1, 0.15) is 0 Å². The van der Waals surface area contributed by atoms with E-state index in [-0.39, 0.29) is 16.7 Å². The van der Waals surface area contributed by atoms with Crippen molar-refractivity contribution in [1.82, 2.24) is 0 Å². The van der Waals surface area contributed by atoms with Crippen LogP contribution in [0.2, 0.25) is 0 Å². The molecular formula is C15H12F3N. The number of aliphatic imine (C=N–C) groups is 1. The Balaban J connectivity index is 2.50. The zero-order valence-corrected chi connectivity index (χ0v) is 10.5. The van der Waals surface area contributed by atoms with E-state index in [0.717, 1.165) is 0 Å². The molecule has 0 saturated carbocycles. The summed E-state index contributed by atoms with van der Waals surface area (Å²) in [7, 11) is 0. The van der Waals surface area contributed by atoms with E-state index in [1.165, 1.54) is 20.1 Å². The zero-order valence-electron chi connectivity index (χ0n) is 10.5. The Labute approximate surface area is 109 Å². The highest BCUT2D eigenvalue weighted by Crippen LogP contribution is 2.23. The molecule has 0 N–H and O–H groups in total. The van der Waals surface area contributed by atoms with E-state index < -0.39 is 17.5 Å². The van der Waals surface area contributed by atoms with Gasteiger partial charge >= 0.3 is 0 Å². The minimum absolute atomic E-state index is 0.0519. The van der Waals surface area contributed by atoms with Crippen molar-refractivity contribution >= 4 is 11.9 Å². The lowest BCUT2D eigenvalue weighted by atomic mass is 10.0. The largest absolute Gasteiger partial charge is 0.256 e. The fourth-order valence-electron chi connectivity index (χ4n) is 1.79. The second-order valence-electron chi connectivity index (χ2n) is 4.20. The minimum atomic E-state index is -1.44. The normalized spacial score (nSPS) is 11.2. The molecule has 0 radical (unpaired) electrons. The van der Waals surface area contributed by atoms with Crippen LogP contribution in [0.4, 0.5) is 18.9 Å². The van der Waals surface area contributed by atoms with Crippen molar-refractivity contribution < 1.29 is 13.2 Å². The van der Waals surface area contributed by atoms with Crippen molar-refractivity contribution in [1.29, 1.82) is 0 Å². The van der Waals surface area contributed by atoms with Crippen LogP contribution in [0.3, 0.4) is 0 Å². The molecule has 0 aromatic heterocycles. The van der Waals surface area contributed by atoms with Crippen LogP contribution in [0, 0.1) is 31.3 Å². The highest BCUT2D eigenvalue weighted by Gasteiger charge is 2.18. The third-order valence-electron chi connectivity index (χ3n) is 2.95. The van der Waals surface area contributed by atoms with Crippen LogP contribution in [0.1, 0.15) is 16.7 Å². The number of para-hydroxylation sites is 1. The summed E-state index contributed by atoms with van der Waals surface area (Å²) in [6.45, 7) is 2.80. The summed E-state index contributed by atoms with van der Waals surface area (Å²) in [6, 6.07) is 8.97. The van der Waals surface area contributed by atoms with E-state index >= 15 is 0 Å². The van der Waals surface area contributed by atoms with Crippen molar-refractivity contribution in [2.75, 3.05) is 0 Å². The zero-order chi connectivity index (χ0) is 14.0. The van der Waals surface area contributed by atoms with Gasteiger partial charge in [-0.2, -0.15) is 0 Å². The highest BCUT2D eigenvalue weighted by molar-refractivity contribution is 5.85. The quantitative estimate of drug-likeness (QED) is 0.560. The number of rotatable bonds is 2. The highest BCUT2D eigenvalue weighted by atomic mass is 19.2. The van der Waals surface area contributed by atoms with Gasteiger partial charge in [0.25, 0.3) is 0 Å². The monoisotopic (exact) mass is 263 g/mol. The second kappa shape index (κ2) is 5.26. The Kier molecular flexibility index (Phi) is 3.69. The van der Waals surface area contributed by atoms with Gasteiger partial charge in [-0.3, -0.25) is 4.99 Å². The van der Waals surface area contributed by atoms with Gasteiger partial charge in [0.05, 0.1) is 5.69 Å². The maximum absolute atomic E-state index is 13.5. The standard InChI is InChI=1S/C15H12F3N/c1-9-12(8-19-11-6-4-3-5-7-11)10(2)14(17)15(18)13(9)16/h3-8H,1-2H3. The third kappa shape index (κ3) is 2.52. The van der Waals surface area contributed by atoms with E-state index in [4.69, 9.17) is 0 Å². The molecule has 0 bridgehead atoms. The molecule has 98 valence electrons. The Bertz CT molecular complexity index is 605. The first-order valence-electron chi connectivity index (χ1n) is 5.75. The Hall–Kier alpha value is -2.10. The first-order valence-corrected chi connectivity index (χ1v) is 5.75. The van der Waals surface area contributed by atoms with E-state index in [9.17, 15) is 13.2 Å². The summed E-state index contributed by atoms with van der Waals surface area (Å²) in [4.78, 5) is 4.13. The summed E-state index contributed by atoms with van der Waals surface area (Å²) in [5.41, 5.74) is 1.03. The molecule has 0 unspecified atom stereocenters. The summed E-state index contributed by atoms with van der Waals surface area (Å²) >= 11 is 0. The maximum Gasteiger partial charge on any atom is 0.194 e. The molecule has 19 heavy (non-hydrogen) atoms. The third-order valence-corrected chi connectivity index (χ3v) is 2.95. The van der Waals surface area contributed by atoms with Crippen molar-refractivity contribution in [2.24, 2.45) is 4.99 Å². The molecule has 0 spiro atoms. The molecule has 4 heteroatoms. The van der Waals surface area contributed by atoms with Crippen molar-refractivity contribution in [3.63, 3.8) is 0 Å². The van der Waals surface area contributed by atoms with Crippen LogP contribution in [0.25, 0.3) is 0 Å². The van der Waals surface area contributed by atoms with Crippen LogP contribution in [0.5, 0.6) is 0 Å². The van der Waals surface area contributed by atoms with E-state index in [0.29, 0.717) is 5.69 Å². The molecule has 0 amide bonds. The number of halogens is 3. The second-order valence-corrected chi connectivity index (χ2v) is 4.20. The molecule has 0 atom stereocenters. The first kappa shape index (κ1) is 13.3. The van der Waals surface area contributed by atoms with E-state index in [2.05, 4.69) is 4.99 Å². The molecule has 0 saturated heterocycles. The van der Waals surface area contributed by atoms with Crippen molar-refractivity contribution in [3.8, 4) is 0 Å². The predicted molar refractivity (Wildman–Crippen MR) is 69.5 cm³/mol. The molecule has 0 fully saturated rings. The smallest absolute Gasteiger partial charge is 0.194 e. The topological polar surface area (TPSA) is 12.4 Å². The predicted octanol–water partition coefficient (Wildman–Crippen LogP) is 4.47. The van der Waals surface area contributed by atoms with Gasteiger partial charge in [-0.05, 0) is 37.1 Å². The molecule has 0 aliphatic carbocycles. The maximum atomic E-state index is 13.5. The molecule has 0 aliphatic rings. The van der Waals surface area contributed by atoms with Crippen LogP contribution in [-0.2, 0) is 0 Å². The van der Waals surface area contributed by atoms with E-state index in [1.54, 1.807) is 24.3 Å².